The maximum Gasteiger partial charge on any atom is 0.341 e. The first kappa shape index (κ1) is 20.9. The van der Waals surface area contributed by atoms with E-state index in [9.17, 15) is 14.4 Å². The number of allylic oxidation sites excluding steroid dienone is 2. The molecule has 0 bridgehead atoms. The van der Waals surface area contributed by atoms with Crippen molar-refractivity contribution in [1.82, 2.24) is 4.90 Å². The molecule has 3 rings (SSSR count). The summed E-state index contributed by atoms with van der Waals surface area (Å²) in [6.07, 6.45) is 5.26. The minimum atomic E-state index is -0.827. The van der Waals surface area contributed by atoms with Crippen molar-refractivity contribution in [1.29, 1.82) is 0 Å². The number of cyclic esters (lactones) is 1. The Kier molecular flexibility index (Phi) is 5.96. The number of nitrogens with zero attached hydrogens (tertiary/aromatic N) is 1. The molecule has 0 spiro atoms. The number of carboxylic acids is 1. The second-order valence-electron chi connectivity index (χ2n) is 8.07. The molecule has 1 aliphatic carbocycles. The fourth-order valence-corrected chi connectivity index (χ4v) is 3.80. The summed E-state index contributed by atoms with van der Waals surface area (Å²) in [6.45, 7) is 4.17. The van der Waals surface area contributed by atoms with Crippen LogP contribution < -0.4 is 5.32 Å². The minimum Gasteiger partial charge on any atom is -0.481 e. The summed E-state index contributed by atoms with van der Waals surface area (Å²) in [5, 5.41) is 11.8. The number of esters is 1. The van der Waals surface area contributed by atoms with E-state index >= 15 is 0 Å². The number of rotatable bonds is 7. The van der Waals surface area contributed by atoms with Gasteiger partial charge >= 0.3 is 18.0 Å². The van der Waals surface area contributed by atoms with Crippen LogP contribution in [-0.4, -0.2) is 42.1 Å². The zero-order valence-corrected chi connectivity index (χ0v) is 17.4. The highest BCUT2D eigenvalue weighted by atomic mass is 16.5. The Hall–Kier alpha value is -2.83. The third kappa shape index (κ3) is 4.44. The monoisotopic (exact) mass is 400 g/mol. The third-order valence-electron chi connectivity index (χ3n) is 5.60. The Morgan fingerprint density at radius 2 is 1.97 bits per heavy atom. The molecule has 7 nitrogen and oxygen atoms in total. The van der Waals surface area contributed by atoms with E-state index in [0.29, 0.717) is 30.0 Å². The van der Waals surface area contributed by atoms with Crippen LogP contribution in [0.2, 0.25) is 0 Å². The van der Waals surface area contributed by atoms with Crippen molar-refractivity contribution in [3.05, 3.63) is 39.5 Å². The lowest BCUT2D eigenvalue weighted by Crippen LogP contribution is -2.29. The summed E-state index contributed by atoms with van der Waals surface area (Å²) in [5.74, 6) is -0.812. The van der Waals surface area contributed by atoms with Gasteiger partial charge in [-0.1, -0.05) is 11.6 Å². The molecule has 0 unspecified atom stereocenters. The van der Waals surface area contributed by atoms with Gasteiger partial charge in [-0.2, -0.15) is 0 Å². The Morgan fingerprint density at radius 1 is 1.28 bits per heavy atom. The van der Waals surface area contributed by atoms with E-state index in [0.717, 1.165) is 35.1 Å². The maximum atomic E-state index is 12.5. The first-order valence-corrected chi connectivity index (χ1v) is 9.91. The van der Waals surface area contributed by atoms with Crippen LogP contribution in [0.15, 0.2) is 11.6 Å². The second-order valence-corrected chi connectivity index (χ2v) is 8.07. The lowest BCUT2D eigenvalue weighted by Gasteiger charge is -2.22. The van der Waals surface area contributed by atoms with Crippen LogP contribution in [0.3, 0.4) is 0 Å². The number of nitrogens with one attached hydrogen (secondary N) is 1. The van der Waals surface area contributed by atoms with Gasteiger partial charge < -0.3 is 20.1 Å². The van der Waals surface area contributed by atoms with Gasteiger partial charge in [0.15, 0.2) is 0 Å². The number of hydrogen-bond donors (Lipinski definition) is 2. The highest BCUT2D eigenvalue weighted by molar-refractivity contribution is 6.05. The number of aliphatic carboxylic acids is 1. The predicted molar refractivity (Wildman–Crippen MR) is 109 cm³/mol. The summed E-state index contributed by atoms with van der Waals surface area (Å²) < 4.78 is 5.30. The number of fused-ring (bicyclic) bond motifs is 1. The molecular weight excluding hydrogens is 372 g/mol. The molecule has 29 heavy (non-hydrogen) atoms. The van der Waals surface area contributed by atoms with Crippen LogP contribution in [0.5, 0.6) is 0 Å². The highest BCUT2D eigenvalue weighted by Gasteiger charge is 2.36. The van der Waals surface area contributed by atoms with Crippen molar-refractivity contribution in [3.8, 4) is 0 Å². The van der Waals surface area contributed by atoms with E-state index in [1.807, 2.05) is 19.9 Å². The number of anilines is 1. The molecule has 1 aromatic carbocycles. The molecule has 2 aliphatic rings. The van der Waals surface area contributed by atoms with E-state index in [1.165, 1.54) is 10.5 Å². The molecule has 1 saturated carbocycles. The number of hydrogen-bond acceptors (Lipinski definition) is 4. The van der Waals surface area contributed by atoms with Gasteiger partial charge in [-0.25, -0.2) is 9.59 Å². The Bertz CT molecular complexity index is 897. The number of urea groups is 1. The summed E-state index contributed by atoms with van der Waals surface area (Å²) in [4.78, 5) is 37.2. The highest BCUT2D eigenvalue weighted by Crippen LogP contribution is 2.48. The SMILES string of the molecule is CC(=CCc1c(NC(=O)N(C)C)c2c(c(C)c1C1CC1)COC2=O)CCC(=O)O. The minimum absolute atomic E-state index is 0.0809. The number of carbonyl (C=O) groups is 3. The van der Waals surface area contributed by atoms with Crippen molar-refractivity contribution in [3.63, 3.8) is 0 Å². The first-order valence-electron chi connectivity index (χ1n) is 9.91. The zero-order chi connectivity index (χ0) is 21.3. The predicted octanol–water partition coefficient (Wildman–Crippen LogP) is 3.99. The normalized spacial score (nSPS) is 15.7. The molecule has 1 fully saturated rings. The van der Waals surface area contributed by atoms with Crippen molar-refractivity contribution in [2.45, 2.75) is 58.5 Å². The average molecular weight is 400 g/mol. The first-order chi connectivity index (χ1) is 13.7. The lowest BCUT2D eigenvalue weighted by molar-refractivity contribution is -0.136. The van der Waals surface area contributed by atoms with Crippen LogP contribution >= 0.6 is 0 Å². The van der Waals surface area contributed by atoms with E-state index in [-0.39, 0.29) is 19.1 Å². The molecule has 2 N–H and O–H groups in total. The molecule has 156 valence electrons. The molecule has 2 amide bonds. The molecule has 0 radical (unpaired) electrons. The molecule has 0 aromatic heterocycles. The van der Waals surface area contributed by atoms with Crippen LogP contribution in [0.25, 0.3) is 0 Å². The van der Waals surface area contributed by atoms with Crippen LogP contribution in [0.4, 0.5) is 10.5 Å². The largest absolute Gasteiger partial charge is 0.481 e. The number of amides is 2. The molecule has 0 atom stereocenters. The number of carboxylic acid groups (broad SMARTS) is 1. The second kappa shape index (κ2) is 8.27. The van der Waals surface area contributed by atoms with Gasteiger partial charge in [0.05, 0.1) is 11.3 Å². The maximum absolute atomic E-state index is 12.5. The topological polar surface area (TPSA) is 95.9 Å². The quantitative estimate of drug-likeness (QED) is 0.533. The van der Waals surface area contributed by atoms with Gasteiger partial charge in [0, 0.05) is 26.1 Å². The number of carbonyl (C=O) groups excluding carboxylic acids is 2. The lowest BCUT2D eigenvalue weighted by atomic mass is 9.87. The van der Waals surface area contributed by atoms with Crippen molar-refractivity contribution in [2.75, 3.05) is 19.4 Å². The van der Waals surface area contributed by atoms with Gasteiger partial charge in [0.2, 0.25) is 0 Å². The Balaban J connectivity index is 2.08. The van der Waals surface area contributed by atoms with E-state index in [1.54, 1.807) is 14.1 Å². The number of ether oxygens (including phenoxy) is 1. The van der Waals surface area contributed by atoms with Gasteiger partial charge in [-0.05, 0) is 62.1 Å². The van der Waals surface area contributed by atoms with Gasteiger partial charge in [-0.15, -0.1) is 0 Å². The third-order valence-corrected chi connectivity index (χ3v) is 5.60. The van der Waals surface area contributed by atoms with E-state index in [2.05, 4.69) is 5.32 Å². The fraction of sp³-hybridized carbons (Fsp3) is 0.500. The standard InChI is InChI=1S/C22H28N2O5/c1-12(6-10-17(25)26)5-9-15-18(14-7-8-14)13(2)16-11-29-21(27)19(16)20(15)23-22(28)24(3)4/h5,14H,6-11H2,1-4H3,(H,23,28)(H,25,26). The van der Waals surface area contributed by atoms with Crippen molar-refractivity contribution in [2.24, 2.45) is 0 Å². The smallest absolute Gasteiger partial charge is 0.341 e. The fourth-order valence-electron chi connectivity index (χ4n) is 3.80. The molecular formula is C22H28N2O5. The Labute approximate surface area is 170 Å². The van der Waals surface area contributed by atoms with E-state index < -0.39 is 11.9 Å². The molecule has 7 heteroatoms. The van der Waals surface area contributed by atoms with Gasteiger partial charge in [-0.3, -0.25) is 4.79 Å². The van der Waals surface area contributed by atoms with Crippen LogP contribution in [0.1, 0.15) is 71.1 Å². The molecule has 1 aromatic rings. The molecule has 1 heterocycles. The summed E-state index contributed by atoms with van der Waals surface area (Å²) in [5.41, 5.74) is 6.03. The average Bonchev–Trinajstić information content (AvgIpc) is 3.42. The van der Waals surface area contributed by atoms with Crippen molar-refractivity contribution < 1.29 is 24.2 Å². The molecule has 1 aliphatic heterocycles. The Morgan fingerprint density at radius 3 is 2.55 bits per heavy atom. The van der Waals surface area contributed by atoms with Crippen LogP contribution in [0, 0.1) is 6.92 Å². The number of benzene rings is 1. The summed E-state index contributed by atoms with van der Waals surface area (Å²) in [6, 6.07) is -0.301. The molecule has 0 saturated heterocycles. The van der Waals surface area contributed by atoms with Crippen molar-refractivity contribution >= 4 is 23.7 Å². The van der Waals surface area contributed by atoms with Gasteiger partial charge in [0.1, 0.15) is 6.61 Å². The summed E-state index contributed by atoms with van der Waals surface area (Å²) >= 11 is 0. The summed E-state index contributed by atoms with van der Waals surface area (Å²) in [7, 11) is 3.30. The van der Waals surface area contributed by atoms with E-state index in [4.69, 9.17) is 9.84 Å². The zero-order valence-electron chi connectivity index (χ0n) is 17.4. The van der Waals surface area contributed by atoms with Crippen LogP contribution in [-0.2, 0) is 22.6 Å². The van der Waals surface area contributed by atoms with Gasteiger partial charge in [0.25, 0.3) is 0 Å².